The van der Waals surface area contributed by atoms with Crippen molar-refractivity contribution >= 4 is 11.6 Å². The number of rotatable bonds is 5. The first-order valence-electron chi connectivity index (χ1n) is 7.88. The summed E-state index contributed by atoms with van der Waals surface area (Å²) in [6, 6.07) is 3.02. The Morgan fingerprint density at radius 1 is 1.39 bits per heavy atom. The average Bonchev–Trinajstić information content (AvgIpc) is 3.03. The fraction of sp³-hybridized carbons (Fsp3) is 0.625. The van der Waals surface area contributed by atoms with Crippen LogP contribution in [-0.2, 0) is 9.53 Å². The first-order valence-corrected chi connectivity index (χ1v) is 7.88. The van der Waals surface area contributed by atoms with Crippen LogP contribution in [0.1, 0.15) is 32.1 Å². The van der Waals surface area contributed by atoms with E-state index in [1.165, 1.54) is 24.5 Å². The molecule has 3 rings (SSSR count). The topological polar surface area (TPSA) is 62.7 Å². The number of pyridine rings is 1. The summed E-state index contributed by atoms with van der Waals surface area (Å²) >= 11 is 0. The third-order valence-corrected chi connectivity index (χ3v) is 4.66. The van der Waals surface area contributed by atoms with E-state index in [-0.39, 0.29) is 25.5 Å². The van der Waals surface area contributed by atoms with Crippen LogP contribution in [0.4, 0.5) is 14.5 Å². The highest BCUT2D eigenvalue weighted by atomic mass is 19.3. The minimum absolute atomic E-state index is 0.0501. The molecule has 1 aliphatic heterocycles. The molecule has 1 aliphatic carbocycles. The summed E-state index contributed by atoms with van der Waals surface area (Å²) in [6.45, 7) is 0.623. The van der Waals surface area contributed by atoms with Crippen molar-refractivity contribution in [2.45, 2.75) is 49.7 Å². The quantitative estimate of drug-likeness (QED) is 0.900. The number of hydrogen-bond acceptors (Lipinski definition) is 4. The van der Waals surface area contributed by atoms with Crippen molar-refractivity contribution < 1.29 is 23.4 Å². The van der Waals surface area contributed by atoms with Gasteiger partial charge in [-0.1, -0.05) is 0 Å². The number of halogens is 2. The third-order valence-electron chi connectivity index (χ3n) is 4.66. The molecule has 5 nitrogen and oxygen atoms in total. The van der Waals surface area contributed by atoms with Gasteiger partial charge in [-0.2, -0.15) is 8.78 Å². The highest BCUT2D eigenvalue weighted by Crippen LogP contribution is 2.45. The smallest absolute Gasteiger partial charge is 0.352 e. The Kier molecular flexibility index (Phi) is 4.33. The first kappa shape index (κ1) is 16.3. The van der Waals surface area contributed by atoms with Gasteiger partial charge in [0.2, 0.25) is 0 Å². The lowest BCUT2D eigenvalue weighted by atomic mass is 9.75. The first-order chi connectivity index (χ1) is 10.9. The van der Waals surface area contributed by atoms with Crippen molar-refractivity contribution in [2.24, 2.45) is 0 Å². The fourth-order valence-corrected chi connectivity index (χ4v) is 3.02. The zero-order valence-electron chi connectivity index (χ0n) is 12.8. The Labute approximate surface area is 133 Å². The SMILES string of the molecule is O=C(N(CC1CCCO1)c1ccncc1)C(F)(F)C1(O)CCC1. The molecule has 1 aromatic heterocycles. The number of alkyl halides is 2. The van der Waals surface area contributed by atoms with E-state index in [4.69, 9.17) is 4.74 Å². The third kappa shape index (κ3) is 2.95. The van der Waals surface area contributed by atoms with Crippen LogP contribution in [0.15, 0.2) is 24.5 Å². The number of hydrogen-bond donors (Lipinski definition) is 1. The normalized spacial score (nSPS) is 23.3. The van der Waals surface area contributed by atoms with Gasteiger partial charge in [0.25, 0.3) is 0 Å². The number of anilines is 1. The summed E-state index contributed by atoms with van der Waals surface area (Å²) in [7, 11) is 0. The molecule has 0 spiro atoms. The summed E-state index contributed by atoms with van der Waals surface area (Å²) in [6.07, 6.45) is 4.59. The van der Waals surface area contributed by atoms with Crippen LogP contribution in [0.5, 0.6) is 0 Å². The monoisotopic (exact) mass is 326 g/mol. The van der Waals surface area contributed by atoms with Gasteiger partial charge in [-0.15, -0.1) is 0 Å². The predicted octanol–water partition coefficient (Wildman–Crippen LogP) is 2.14. The van der Waals surface area contributed by atoms with Crippen molar-refractivity contribution in [1.82, 2.24) is 4.98 Å². The molecule has 0 bridgehead atoms. The van der Waals surface area contributed by atoms with E-state index in [9.17, 15) is 18.7 Å². The summed E-state index contributed by atoms with van der Waals surface area (Å²) in [5.74, 6) is -5.19. The fourth-order valence-electron chi connectivity index (χ4n) is 3.02. The number of aromatic nitrogens is 1. The molecule has 1 aromatic rings. The molecule has 1 amide bonds. The van der Waals surface area contributed by atoms with Gasteiger partial charge in [0, 0.05) is 24.7 Å². The second-order valence-corrected chi connectivity index (χ2v) is 6.22. The second-order valence-electron chi connectivity index (χ2n) is 6.22. The second kappa shape index (κ2) is 6.13. The van der Waals surface area contributed by atoms with Gasteiger partial charge >= 0.3 is 11.8 Å². The Morgan fingerprint density at radius 3 is 2.61 bits per heavy atom. The highest BCUT2D eigenvalue weighted by molar-refractivity contribution is 5.99. The summed E-state index contributed by atoms with van der Waals surface area (Å²) in [5, 5.41) is 10.0. The van der Waals surface area contributed by atoms with Gasteiger partial charge in [0.1, 0.15) is 5.60 Å². The number of amides is 1. The van der Waals surface area contributed by atoms with E-state index in [0.717, 1.165) is 17.7 Å². The molecule has 7 heteroatoms. The Morgan fingerprint density at radius 2 is 2.09 bits per heavy atom. The van der Waals surface area contributed by atoms with Crippen molar-refractivity contribution in [2.75, 3.05) is 18.1 Å². The standard InChI is InChI=1S/C16H20F2N2O3/c17-16(18,15(22)6-2-7-15)14(21)20(11-13-3-1-10-23-13)12-4-8-19-9-5-12/h4-5,8-9,13,22H,1-3,6-7,10-11H2. The highest BCUT2D eigenvalue weighted by Gasteiger charge is 2.62. The number of carbonyl (C=O) groups excluding carboxylic acids is 1. The maximum Gasteiger partial charge on any atom is 0.352 e. The number of ether oxygens (including phenoxy) is 1. The molecule has 1 N–H and O–H groups in total. The van der Waals surface area contributed by atoms with Crippen molar-refractivity contribution in [3.05, 3.63) is 24.5 Å². The Bertz CT molecular complexity index is 558. The minimum atomic E-state index is -3.81. The van der Waals surface area contributed by atoms with Crippen LogP contribution < -0.4 is 4.90 Å². The van der Waals surface area contributed by atoms with Crippen molar-refractivity contribution in [3.8, 4) is 0 Å². The van der Waals surface area contributed by atoms with E-state index in [2.05, 4.69) is 4.98 Å². The van der Waals surface area contributed by atoms with Crippen LogP contribution in [0.3, 0.4) is 0 Å². The molecule has 0 radical (unpaired) electrons. The lowest BCUT2D eigenvalue weighted by molar-refractivity contribution is -0.214. The van der Waals surface area contributed by atoms with Gasteiger partial charge in [-0.05, 0) is 44.2 Å². The van der Waals surface area contributed by atoms with Gasteiger partial charge in [0.15, 0.2) is 0 Å². The van der Waals surface area contributed by atoms with Crippen molar-refractivity contribution in [3.63, 3.8) is 0 Å². The number of aliphatic hydroxyl groups is 1. The molecule has 1 atom stereocenters. The molecule has 1 unspecified atom stereocenters. The van der Waals surface area contributed by atoms with Crippen molar-refractivity contribution in [1.29, 1.82) is 0 Å². The van der Waals surface area contributed by atoms with Crippen LogP contribution in [0, 0.1) is 0 Å². The zero-order chi connectivity index (χ0) is 16.5. The largest absolute Gasteiger partial charge is 0.383 e. The average molecular weight is 326 g/mol. The molecule has 23 heavy (non-hydrogen) atoms. The maximum absolute atomic E-state index is 14.6. The van der Waals surface area contributed by atoms with Crippen LogP contribution >= 0.6 is 0 Å². The van der Waals surface area contributed by atoms with Gasteiger partial charge in [-0.3, -0.25) is 9.78 Å². The molecular formula is C16H20F2N2O3. The van der Waals surface area contributed by atoms with E-state index in [1.54, 1.807) is 0 Å². The summed E-state index contributed by atoms with van der Waals surface area (Å²) in [5.41, 5.74) is -1.89. The summed E-state index contributed by atoms with van der Waals surface area (Å²) in [4.78, 5) is 17.4. The maximum atomic E-state index is 14.6. The van der Waals surface area contributed by atoms with Crippen LogP contribution in [0.25, 0.3) is 0 Å². The zero-order valence-corrected chi connectivity index (χ0v) is 12.8. The van der Waals surface area contributed by atoms with Gasteiger partial charge in [-0.25, -0.2) is 0 Å². The molecule has 2 fully saturated rings. The Balaban J connectivity index is 1.86. The lowest BCUT2D eigenvalue weighted by Gasteiger charge is -2.43. The molecule has 126 valence electrons. The minimum Gasteiger partial charge on any atom is -0.383 e. The van der Waals surface area contributed by atoms with Gasteiger partial charge in [0.05, 0.1) is 12.6 Å². The molecule has 2 aliphatic rings. The molecular weight excluding hydrogens is 306 g/mol. The number of nitrogens with zero attached hydrogens (tertiary/aromatic N) is 2. The molecule has 0 aromatic carbocycles. The van der Waals surface area contributed by atoms with Crippen LogP contribution in [0.2, 0.25) is 0 Å². The Hall–Kier alpha value is -1.60. The molecule has 1 saturated heterocycles. The lowest BCUT2D eigenvalue weighted by Crippen LogP contribution is -2.62. The predicted molar refractivity (Wildman–Crippen MR) is 79.3 cm³/mol. The number of carbonyl (C=O) groups is 1. The van der Waals surface area contributed by atoms with Crippen LogP contribution in [-0.4, -0.2) is 46.8 Å². The van der Waals surface area contributed by atoms with E-state index >= 15 is 0 Å². The molecule has 2 heterocycles. The van der Waals surface area contributed by atoms with E-state index in [1.807, 2.05) is 0 Å². The van der Waals surface area contributed by atoms with E-state index < -0.39 is 17.4 Å². The summed E-state index contributed by atoms with van der Waals surface area (Å²) < 4.78 is 34.6. The van der Waals surface area contributed by atoms with Gasteiger partial charge < -0.3 is 14.7 Å². The molecule has 1 saturated carbocycles. The van der Waals surface area contributed by atoms with E-state index in [0.29, 0.717) is 18.7 Å².